The number of amides is 2. The predicted molar refractivity (Wildman–Crippen MR) is 119 cm³/mol. The maximum atomic E-state index is 12.8. The number of aliphatic hydroxyl groups is 1. The quantitative estimate of drug-likeness (QED) is 0.364. The molecule has 9 nitrogen and oxygen atoms in total. The van der Waals surface area contributed by atoms with E-state index in [1.54, 1.807) is 60.7 Å². The van der Waals surface area contributed by atoms with Crippen molar-refractivity contribution in [1.82, 2.24) is 10.6 Å². The van der Waals surface area contributed by atoms with Gasteiger partial charge < -0.3 is 25.2 Å². The lowest BCUT2D eigenvalue weighted by Gasteiger charge is -2.25. The zero-order valence-electron chi connectivity index (χ0n) is 18.3. The molecule has 2 aromatic rings. The number of esters is 2. The number of aliphatic hydroxyl groups excluding tert-OH is 1. The number of carbonyl (C=O) groups is 4. The smallest absolute Gasteiger partial charge is 0.330 e. The first-order chi connectivity index (χ1) is 15.9. The monoisotopic (exact) mass is 454 g/mol. The number of methoxy groups -OCH3 is 2. The summed E-state index contributed by atoms with van der Waals surface area (Å²) in [6, 6.07) is 14.6. The Labute approximate surface area is 191 Å². The Kier molecular flexibility index (Phi) is 9.79. The minimum absolute atomic E-state index is 0.0768. The van der Waals surface area contributed by atoms with Gasteiger partial charge in [-0.1, -0.05) is 54.6 Å². The summed E-state index contributed by atoms with van der Waals surface area (Å²) in [6.07, 6.45) is 0.640. The molecule has 0 bridgehead atoms. The molecule has 0 heterocycles. The van der Waals surface area contributed by atoms with Gasteiger partial charge in [0.25, 0.3) is 11.8 Å². The van der Waals surface area contributed by atoms with Gasteiger partial charge in [-0.2, -0.15) is 0 Å². The van der Waals surface area contributed by atoms with Crippen molar-refractivity contribution in [2.75, 3.05) is 14.2 Å². The van der Waals surface area contributed by atoms with Crippen LogP contribution in [-0.2, 0) is 23.9 Å². The highest BCUT2D eigenvalue weighted by molar-refractivity contribution is 5.95. The number of carbonyl (C=O) groups excluding carboxylic acids is 4. The van der Waals surface area contributed by atoms with Crippen molar-refractivity contribution in [3.8, 4) is 0 Å². The van der Waals surface area contributed by atoms with Crippen LogP contribution in [0.2, 0.25) is 0 Å². The highest BCUT2D eigenvalue weighted by Gasteiger charge is 2.32. The van der Waals surface area contributed by atoms with E-state index in [9.17, 15) is 24.3 Å². The Morgan fingerprint density at radius 3 is 2.09 bits per heavy atom. The third-order valence-corrected chi connectivity index (χ3v) is 4.69. The van der Waals surface area contributed by atoms with E-state index in [-0.39, 0.29) is 6.42 Å². The van der Waals surface area contributed by atoms with Crippen LogP contribution in [0.15, 0.2) is 72.8 Å². The van der Waals surface area contributed by atoms with Gasteiger partial charge in [-0.15, -0.1) is 0 Å². The number of ether oxygens (including phenoxy) is 2. The summed E-state index contributed by atoms with van der Waals surface area (Å²) in [6.45, 7) is 0. The highest BCUT2D eigenvalue weighted by atomic mass is 16.5. The summed E-state index contributed by atoms with van der Waals surface area (Å²) in [5.41, 5.74) is 0.844. The lowest BCUT2D eigenvalue weighted by atomic mass is 9.99. The third kappa shape index (κ3) is 7.58. The lowest BCUT2D eigenvalue weighted by molar-refractivity contribution is -0.146. The van der Waals surface area contributed by atoms with Gasteiger partial charge in [0.2, 0.25) is 0 Å². The van der Waals surface area contributed by atoms with Crippen molar-refractivity contribution in [2.45, 2.75) is 24.6 Å². The average molecular weight is 454 g/mol. The van der Waals surface area contributed by atoms with Crippen LogP contribution in [0.3, 0.4) is 0 Å². The van der Waals surface area contributed by atoms with Gasteiger partial charge in [0, 0.05) is 11.6 Å². The van der Waals surface area contributed by atoms with Crippen molar-refractivity contribution in [2.24, 2.45) is 0 Å². The molecule has 3 N–H and O–H groups in total. The van der Waals surface area contributed by atoms with E-state index in [1.165, 1.54) is 13.2 Å². The Morgan fingerprint density at radius 2 is 1.52 bits per heavy atom. The molecule has 174 valence electrons. The number of benzene rings is 2. The van der Waals surface area contributed by atoms with Crippen molar-refractivity contribution >= 4 is 23.8 Å². The van der Waals surface area contributed by atoms with Crippen LogP contribution >= 0.6 is 0 Å². The van der Waals surface area contributed by atoms with Gasteiger partial charge in [0.15, 0.2) is 6.10 Å². The number of nitrogens with one attached hydrogen (secondary N) is 2. The van der Waals surface area contributed by atoms with Crippen LogP contribution < -0.4 is 10.6 Å². The van der Waals surface area contributed by atoms with Crippen molar-refractivity contribution < 1.29 is 33.8 Å². The maximum absolute atomic E-state index is 12.8. The van der Waals surface area contributed by atoms with Crippen molar-refractivity contribution in [1.29, 1.82) is 0 Å². The molecule has 0 radical (unpaired) electrons. The molecule has 0 unspecified atom stereocenters. The third-order valence-electron chi connectivity index (χ3n) is 4.69. The van der Waals surface area contributed by atoms with Gasteiger partial charge in [-0.25, -0.2) is 9.59 Å². The fourth-order valence-electron chi connectivity index (χ4n) is 2.95. The fourth-order valence-corrected chi connectivity index (χ4v) is 2.95. The number of hydrogen-bond acceptors (Lipinski definition) is 7. The van der Waals surface area contributed by atoms with Gasteiger partial charge in [-0.05, 0) is 24.1 Å². The molecular formula is C24H26N2O7. The van der Waals surface area contributed by atoms with Crippen molar-refractivity contribution in [3.05, 3.63) is 83.9 Å². The molecule has 0 aliphatic rings. The Bertz CT molecular complexity index is 977. The van der Waals surface area contributed by atoms with Crippen LogP contribution in [0.4, 0.5) is 0 Å². The van der Waals surface area contributed by atoms with Crippen LogP contribution in [-0.4, -0.2) is 55.2 Å². The highest BCUT2D eigenvalue weighted by Crippen LogP contribution is 2.18. The second-order valence-electron chi connectivity index (χ2n) is 6.92. The first kappa shape index (κ1) is 25.3. The van der Waals surface area contributed by atoms with Crippen molar-refractivity contribution in [3.63, 3.8) is 0 Å². The van der Waals surface area contributed by atoms with Gasteiger partial charge in [-0.3, -0.25) is 9.59 Å². The summed E-state index contributed by atoms with van der Waals surface area (Å²) in [7, 11) is 2.35. The summed E-state index contributed by atoms with van der Waals surface area (Å²) < 4.78 is 9.17. The van der Waals surface area contributed by atoms with E-state index >= 15 is 0 Å². The summed E-state index contributed by atoms with van der Waals surface area (Å²) in [4.78, 5) is 48.8. The molecule has 2 aromatic carbocycles. The normalized spacial score (nSPS) is 13.4. The van der Waals surface area contributed by atoms with E-state index in [1.807, 2.05) is 0 Å². The SMILES string of the molecule is COC(=O)/C=C/C[C@@H](NC(=O)[C@H](O)[C@@H](NC(=O)c1ccccc1)c1ccccc1)C(=O)OC. The number of hydrogen-bond donors (Lipinski definition) is 3. The average Bonchev–Trinajstić information content (AvgIpc) is 2.86. The van der Waals surface area contributed by atoms with E-state index in [4.69, 9.17) is 0 Å². The van der Waals surface area contributed by atoms with Crippen LogP contribution in [0.1, 0.15) is 28.4 Å². The molecule has 0 spiro atoms. The summed E-state index contributed by atoms with van der Waals surface area (Å²) >= 11 is 0. The first-order valence-corrected chi connectivity index (χ1v) is 10.1. The fraction of sp³-hybridized carbons (Fsp3) is 0.250. The minimum Gasteiger partial charge on any atom is -0.467 e. The molecule has 0 saturated carbocycles. The second kappa shape index (κ2) is 12.8. The summed E-state index contributed by atoms with van der Waals surface area (Å²) in [5, 5.41) is 15.9. The Balaban J connectivity index is 2.20. The summed E-state index contributed by atoms with van der Waals surface area (Å²) in [5.74, 6) is -2.78. The maximum Gasteiger partial charge on any atom is 0.330 e. The zero-order valence-corrected chi connectivity index (χ0v) is 18.3. The lowest BCUT2D eigenvalue weighted by Crippen LogP contribution is -2.50. The Morgan fingerprint density at radius 1 is 0.909 bits per heavy atom. The molecule has 0 aliphatic heterocycles. The molecule has 2 amide bonds. The Hall–Kier alpha value is -3.98. The van der Waals surface area contributed by atoms with Gasteiger partial charge >= 0.3 is 11.9 Å². The van der Waals surface area contributed by atoms with E-state index in [0.29, 0.717) is 11.1 Å². The topological polar surface area (TPSA) is 131 Å². The number of rotatable bonds is 10. The standard InChI is InChI=1S/C24H26N2O7/c1-32-19(27)15-9-14-18(24(31)33-2)25-23(30)21(28)20(16-10-5-3-6-11-16)26-22(29)17-12-7-4-8-13-17/h3-13,15,18,20-21,28H,14H2,1-2H3,(H,25,30)(H,26,29)/b15-9+/t18-,20+,21-/m1/s1. The molecule has 0 aromatic heterocycles. The van der Waals surface area contributed by atoms with Gasteiger partial charge in [0.1, 0.15) is 6.04 Å². The molecular weight excluding hydrogens is 428 g/mol. The zero-order chi connectivity index (χ0) is 24.2. The molecule has 3 atom stereocenters. The molecule has 0 aliphatic carbocycles. The first-order valence-electron chi connectivity index (χ1n) is 10.1. The molecule has 0 saturated heterocycles. The van der Waals surface area contributed by atoms with E-state index in [2.05, 4.69) is 20.1 Å². The molecule has 33 heavy (non-hydrogen) atoms. The van der Waals surface area contributed by atoms with E-state index < -0.39 is 41.9 Å². The predicted octanol–water partition coefficient (Wildman–Crippen LogP) is 1.30. The van der Waals surface area contributed by atoms with Gasteiger partial charge in [0.05, 0.1) is 20.3 Å². The molecule has 2 rings (SSSR count). The minimum atomic E-state index is -1.73. The van der Waals surface area contributed by atoms with Crippen LogP contribution in [0, 0.1) is 0 Å². The van der Waals surface area contributed by atoms with Crippen LogP contribution in [0.25, 0.3) is 0 Å². The molecule has 9 heteroatoms. The van der Waals surface area contributed by atoms with Crippen LogP contribution in [0.5, 0.6) is 0 Å². The second-order valence-corrected chi connectivity index (χ2v) is 6.92. The largest absolute Gasteiger partial charge is 0.467 e. The molecule has 0 fully saturated rings. The van der Waals surface area contributed by atoms with E-state index in [0.717, 1.165) is 13.2 Å².